The zero-order valence-corrected chi connectivity index (χ0v) is 31.4. The van der Waals surface area contributed by atoms with Gasteiger partial charge < -0.3 is 9.80 Å². The average Bonchev–Trinajstić information content (AvgIpc) is 3.14. The number of rotatable bonds is 7. The number of para-hydroxylation sites is 2. The standard InChI is InChI=1S/C48H44N2Si/c1-33-23-25-36(26-24-33)49(45-21-13-7-15-34(45)2)47-31-43-40-18-10-12-20-42(40)48(32-44(43)39-17-9-11-19-41(39)47)50(46-22-14-8-16-35(46)3)37-27-29-38(30-28-37)51(4,5)6/h7-32H,1-6H3. The molecule has 0 saturated carbocycles. The molecule has 0 unspecified atom stereocenters. The Bertz CT molecular complexity index is 2540. The molecule has 250 valence electrons. The Labute approximate surface area is 303 Å². The van der Waals surface area contributed by atoms with Crippen LogP contribution in [0.4, 0.5) is 34.1 Å². The number of hydrogen-bond donors (Lipinski definition) is 0. The molecule has 2 nitrogen and oxygen atoms in total. The molecule has 0 aromatic heterocycles. The van der Waals surface area contributed by atoms with Crippen LogP contribution in [0.5, 0.6) is 0 Å². The minimum atomic E-state index is -1.46. The zero-order chi connectivity index (χ0) is 35.3. The summed E-state index contributed by atoms with van der Waals surface area (Å²) in [6.45, 7) is 13.8. The number of benzene rings is 8. The number of fused-ring (bicyclic) bond motifs is 5. The molecule has 0 radical (unpaired) electrons. The molecule has 0 N–H and O–H groups in total. The summed E-state index contributed by atoms with van der Waals surface area (Å²) >= 11 is 0. The molecule has 8 aromatic carbocycles. The topological polar surface area (TPSA) is 6.48 Å². The van der Waals surface area contributed by atoms with Crippen LogP contribution in [0.3, 0.4) is 0 Å². The van der Waals surface area contributed by atoms with E-state index >= 15 is 0 Å². The van der Waals surface area contributed by atoms with Crippen molar-refractivity contribution in [3.8, 4) is 0 Å². The molecular formula is C48H44N2Si. The van der Waals surface area contributed by atoms with Crippen LogP contribution in [0.2, 0.25) is 19.6 Å². The van der Waals surface area contributed by atoms with Crippen LogP contribution >= 0.6 is 0 Å². The van der Waals surface area contributed by atoms with E-state index in [0.717, 1.165) is 5.69 Å². The Morgan fingerprint density at radius 3 is 1.14 bits per heavy atom. The highest BCUT2D eigenvalue weighted by atomic mass is 28.3. The lowest BCUT2D eigenvalue weighted by molar-refractivity contribution is 1.26. The highest BCUT2D eigenvalue weighted by molar-refractivity contribution is 6.88. The summed E-state index contributed by atoms with van der Waals surface area (Å²) in [5.74, 6) is 0. The number of nitrogens with zero attached hydrogens (tertiary/aromatic N) is 2. The SMILES string of the molecule is Cc1ccc(N(c2ccccc2C)c2cc3c4ccccc4c(N(c4ccc([Si](C)(C)C)cc4)c4ccccc4C)cc3c3ccccc23)cc1. The minimum Gasteiger partial charge on any atom is -0.310 e. The lowest BCUT2D eigenvalue weighted by atomic mass is 9.93. The normalized spacial score (nSPS) is 11.7. The maximum Gasteiger partial charge on any atom is 0.0775 e. The van der Waals surface area contributed by atoms with Gasteiger partial charge in [0.15, 0.2) is 0 Å². The van der Waals surface area contributed by atoms with Gasteiger partial charge in [-0.2, -0.15) is 0 Å². The van der Waals surface area contributed by atoms with Crippen LogP contribution in [-0.2, 0) is 0 Å². The fraction of sp³-hybridized carbons (Fsp3) is 0.125. The summed E-state index contributed by atoms with van der Waals surface area (Å²) in [5, 5.41) is 8.87. The third kappa shape index (κ3) is 5.88. The van der Waals surface area contributed by atoms with Crippen molar-refractivity contribution in [2.24, 2.45) is 0 Å². The molecule has 51 heavy (non-hydrogen) atoms. The van der Waals surface area contributed by atoms with E-state index in [4.69, 9.17) is 0 Å². The van der Waals surface area contributed by atoms with Crippen molar-refractivity contribution in [1.82, 2.24) is 0 Å². The van der Waals surface area contributed by atoms with Gasteiger partial charge in [-0.1, -0.05) is 140 Å². The highest BCUT2D eigenvalue weighted by Crippen LogP contribution is 2.48. The number of hydrogen-bond acceptors (Lipinski definition) is 2. The minimum absolute atomic E-state index is 1.15. The first-order chi connectivity index (χ1) is 24.7. The molecule has 0 spiro atoms. The smallest absolute Gasteiger partial charge is 0.0775 e. The predicted octanol–water partition coefficient (Wildman–Crippen LogP) is 13.6. The highest BCUT2D eigenvalue weighted by Gasteiger charge is 2.24. The van der Waals surface area contributed by atoms with E-state index in [-0.39, 0.29) is 0 Å². The molecular weight excluding hydrogens is 633 g/mol. The molecule has 8 rings (SSSR count). The van der Waals surface area contributed by atoms with E-state index in [0.29, 0.717) is 0 Å². The van der Waals surface area contributed by atoms with Gasteiger partial charge >= 0.3 is 0 Å². The maximum absolute atomic E-state index is 2.47. The Morgan fingerprint density at radius 1 is 0.353 bits per heavy atom. The lowest BCUT2D eigenvalue weighted by Crippen LogP contribution is -2.37. The zero-order valence-electron chi connectivity index (χ0n) is 30.4. The Hall–Kier alpha value is -5.64. The van der Waals surface area contributed by atoms with E-state index in [1.807, 2.05) is 0 Å². The third-order valence-electron chi connectivity index (χ3n) is 10.3. The van der Waals surface area contributed by atoms with Crippen LogP contribution in [0.15, 0.2) is 158 Å². The van der Waals surface area contributed by atoms with Crippen molar-refractivity contribution in [1.29, 1.82) is 0 Å². The van der Waals surface area contributed by atoms with Gasteiger partial charge in [-0.3, -0.25) is 0 Å². The van der Waals surface area contributed by atoms with Crippen molar-refractivity contribution in [2.75, 3.05) is 9.80 Å². The average molecular weight is 677 g/mol. The second kappa shape index (κ2) is 12.9. The number of aryl methyl sites for hydroxylation is 3. The lowest BCUT2D eigenvalue weighted by Gasteiger charge is -2.31. The first-order valence-electron chi connectivity index (χ1n) is 17.9. The van der Waals surface area contributed by atoms with Crippen LogP contribution in [0.25, 0.3) is 32.3 Å². The van der Waals surface area contributed by atoms with Crippen molar-refractivity contribution in [3.05, 3.63) is 174 Å². The predicted molar refractivity (Wildman–Crippen MR) is 226 cm³/mol. The maximum atomic E-state index is 2.47. The number of anilines is 6. The van der Waals surface area contributed by atoms with E-state index in [2.05, 4.69) is 208 Å². The Kier molecular flexibility index (Phi) is 8.24. The van der Waals surface area contributed by atoms with Gasteiger partial charge in [0, 0.05) is 33.5 Å². The molecule has 0 saturated heterocycles. The summed E-state index contributed by atoms with van der Waals surface area (Å²) in [7, 11) is -1.46. The van der Waals surface area contributed by atoms with Crippen LogP contribution in [0.1, 0.15) is 16.7 Å². The second-order valence-corrected chi connectivity index (χ2v) is 19.9. The van der Waals surface area contributed by atoms with Gasteiger partial charge in [-0.05, 0) is 102 Å². The largest absolute Gasteiger partial charge is 0.310 e. The van der Waals surface area contributed by atoms with Gasteiger partial charge in [0.05, 0.1) is 19.4 Å². The first-order valence-corrected chi connectivity index (χ1v) is 21.4. The molecule has 0 heterocycles. The Balaban J connectivity index is 1.45. The van der Waals surface area contributed by atoms with E-state index < -0.39 is 8.07 Å². The third-order valence-corrected chi connectivity index (χ3v) is 12.4. The molecule has 0 fully saturated rings. The van der Waals surface area contributed by atoms with Gasteiger partial charge in [-0.25, -0.2) is 0 Å². The first kappa shape index (κ1) is 32.6. The summed E-state index contributed by atoms with van der Waals surface area (Å²) < 4.78 is 0. The van der Waals surface area contributed by atoms with E-state index in [9.17, 15) is 0 Å². The molecule has 0 aliphatic heterocycles. The van der Waals surface area contributed by atoms with Crippen LogP contribution < -0.4 is 15.0 Å². The molecule has 0 aliphatic carbocycles. The van der Waals surface area contributed by atoms with E-state index in [1.165, 1.54) is 82.6 Å². The fourth-order valence-corrected chi connectivity index (χ4v) is 8.70. The molecule has 0 amide bonds. The summed E-state index contributed by atoms with van der Waals surface area (Å²) in [6, 6.07) is 58.5. The van der Waals surface area contributed by atoms with E-state index in [1.54, 1.807) is 0 Å². The van der Waals surface area contributed by atoms with Crippen molar-refractivity contribution < 1.29 is 0 Å². The second-order valence-electron chi connectivity index (χ2n) is 14.9. The molecule has 8 aromatic rings. The Morgan fingerprint density at radius 2 is 0.725 bits per heavy atom. The molecule has 0 bridgehead atoms. The molecule has 0 atom stereocenters. The molecule has 0 aliphatic rings. The van der Waals surface area contributed by atoms with Crippen LogP contribution in [0, 0.1) is 20.8 Å². The van der Waals surface area contributed by atoms with Gasteiger partial charge in [-0.15, -0.1) is 0 Å². The monoisotopic (exact) mass is 676 g/mol. The van der Waals surface area contributed by atoms with Gasteiger partial charge in [0.2, 0.25) is 0 Å². The summed E-state index contributed by atoms with van der Waals surface area (Å²) in [6.07, 6.45) is 0. The molecule has 3 heteroatoms. The van der Waals surface area contributed by atoms with Crippen molar-refractivity contribution in [2.45, 2.75) is 40.4 Å². The van der Waals surface area contributed by atoms with Crippen LogP contribution in [-0.4, -0.2) is 8.07 Å². The van der Waals surface area contributed by atoms with Crippen molar-refractivity contribution in [3.63, 3.8) is 0 Å². The van der Waals surface area contributed by atoms with Gasteiger partial charge in [0.25, 0.3) is 0 Å². The fourth-order valence-electron chi connectivity index (χ4n) is 7.53. The summed E-state index contributed by atoms with van der Waals surface area (Å²) in [4.78, 5) is 4.92. The summed E-state index contributed by atoms with van der Waals surface area (Å²) in [5.41, 5.74) is 10.8. The quantitative estimate of drug-likeness (QED) is 0.122. The van der Waals surface area contributed by atoms with Crippen molar-refractivity contribution >= 4 is 79.7 Å². The van der Waals surface area contributed by atoms with Gasteiger partial charge in [0.1, 0.15) is 0 Å².